The van der Waals surface area contributed by atoms with Crippen LogP contribution in [0.25, 0.3) is 0 Å². The molecule has 2 atom stereocenters. The molecule has 1 rings (SSSR count). The van der Waals surface area contributed by atoms with Gasteiger partial charge in [-0.05, 0) is 24.2 Å². The minimum absolute atomic E-state index is 0.708. The lowest BCUT2D eigenvalue weighted by Crippen LogP contribution is -2.08. The zero-order chi connectivity index (χ0) is 6.91. The van der Waals surface area contributed by atoms with E-state index in [1.54, 1.807) is 0 Å². The molecule has 0 nitrogen and oxygen atoms in total. The molecule has 1 aliphatic rings. The highest BCUT2D eigenvalue weighted by atomic mass is 14.4. The van der Waals surface area contributed by atoms with Crippen molar-refractivity contribution < 1.29 is 0 Å². The first-order valence-corrected chi connectivity index (χ1v) is 4.16. The van der Waals surface area contributed by atoms with Crippen LogP contribution in [0.2, 0.25) is 0 Å². The van der Waals surface area contributed by atoms with Crippen LogP contribution in [0.4, 0.5) is 0 Å². The van der Waals surface area contributed by atoms with Crippen LogP contribution in [0.1, 0.15) is 46.5 Å². The minimum Gasteiger partial charge on any atom is -0.0649 e. The van der Waals surface area contributed by atoms with Crippen molar-refractivity contribution in [3.8, 4) is 0 Å². The fourth-order valence-electron chi connectivity index (χ4n) is 1.96. The largest absolute Gasteiger partial charge is 0.0649 e. The first-order chi connectivity index (χ1) is 4.16. The molecular formula is C9H18. The first kappa shape index (κ1) is 7.11. The van der Waals surface area contributed by atoms with Gasteiger partial charge in [-0.25, -0.2) is 0 Å². The van der Waals surface area contributed by atoms with E-state index in [1.807, 2.05) is 0 Å². The Kier molecular flexibility index (Phi) is 1.83. The molecule has 1 aliphatic carbocycles. The quantitative estimate of drug-likeness (QED) is 0.506. The van der Waals surface area contributed by atoms with Crippen molar-refractivity contribution >= 4 is 0 Å². The van der Waals surface area contributed by atoms with Crippen LogP contribution in [-0.2, 0) is 0 Å². The van der Waals surface area contributed by atoms with Gasteiger partial charge in [0.25, 0.3) is 0 Å². The molecular weight excluding hydrogens is 108 g/mol. The Morgan fingerprint density at radius 2 is 2.22 bits per heavy atom. The summed E-state index contributed by atoms with van der Waals surface area (Å²) in [5.41, 5.74) is 0.708. The Labute approximate surface area is 58.7 Å². The summed E-state index contributed by atoms with van der Waals surface area (Å²) >= 11 is 0. The number of hydrogen-bond acceptors (Lipinski definition) is 0. The maximum atomic E-state index is 2.43. The lowest BCUT2D eigenvalue weighted by Gasteiger charge is -2.20. The molecule has 0 N–H and O–H groups in total. The van der Waals surface area contributed by atoms with Gasteiger partial charge in [0.05, 0.1) is 0 Å². The van der Waals surface area contributed by atoms with Gasteiger partial charge >= 0.3 is 0 Å². The average Bonchev–Trinajstić information content (AvgIpc) is 2.13. The Morgan fingerprint density at radius 3 is 2.44 bits per heavy atom. The molecule has 54 valence electrons. The van der Waals surface area contributed by atoms with Crippen molar-refractivity contribution in [1.29, 1.82) is 0 Å². The van der Waals surface area contributed by atoms with E-state index in [4.69, 9.17) is 0 Å². The van der Waals surface area contributed by atoms with Gasteiger partial charge in [-0.1, -0.05) is 33.6 Å². The summed E-state index contributed by atoms with van der Waals surface area (Å²) in [5, 5.41) is 0. The van der Waals surface area contributed by atoms with Crippen LogP contribution in [0.3, 0.4) is 0 Å². The van der Waals surface area contributed by atoms with E-state index in [9.17, 15) is 0 Å². The van der Waals surface area contributed by atoms with Gasteiger partial charge in [0.15, 0.2) is 0 Å². The lowest BCUT2D eigenvalue weighted by molar-refractivity contribution is 0.312. The van der Waals surface area contributed by atoms with Crippen LogP contribution in [-0.4, -0.2) is 0 Å². The van der Waals surface area contributed by atoms with Crippen molar-refractivity contribution in [2.24, 2.45) is 11.3 Å². The molecule has 1 unspecified atom stereocenters. The van der Waals surface area contributed by atoms with E-state index in [2.05, 4.69) is 20.8 Å². The van der Waals surface area contributed by atoms with Gasteiger partial charge in [-0.2, -0.15) is 0 Å². The summed E-state index contributed by atoms with van der Waals surface area (Å²) in [5.74, 6) is 0.995. The van der Waals surface area contributed by atoms with Gasteiger partial charge < -0.3 is 0 Å². The highest BCUT2D eigenvalue weighted by Gasteiger charge is 2.30. The van der Waals surface area contributed by atoms with E-state index < -0.39 is 0 Å². The Morgan fingerprint density at radius 1 is 1.56 bits per heavy atom. The second kappa shape index (κ2) is 2.32. The summed E-state index contributed by atoms with van der Waals surface area (Å²) < 4.78 is 0. The lowest BCUT2D eigenvalue weighted by atomic mass is 9.85. The van der Waals surface area contributed by atoms with Crippen molar-refractivity contribution in [3.05, 3.63) is 0 Å². The Balaban J connectivity index is 2.45. The fraction of sp³-hybridized carbons (Fsp3) is 1.00. The van der Waals surface area contributed by atoms with Crippen LogP contribution in [0, 0.1) is 11.3 Å². The first-order valence-electron chi connectivity index (χ1n) is 4.16. The molecule has 0 heteroatoms. The predicted octanol–water partition coefficient (Wildman–Crippen LogP) is 3.22. The van der Waals surface area contributed by atoms with Crippen LogP contribution in [0.5, 0.6) is 0 Å². The molecule has 0 aromatic carbocycles. The van der Waals surface area contributed by atoms with E-state index in [0.717, 1.165) is 5.92 Å². The standard InChI is InChI=1S/C9H18/c1-4-9(3)6-5-8(2)7-9/h8H,4-7H2,1-3H3/t8-,9?/m0/s1. The zero-order valence-corrected chi connectivity index (χ0v) is 6.91. The molecule has 0 aromatic rings. The van der Waals surface area contributed by atoms with Gasteiger partial charge in [-0.15, -0.1) is 0 Å². The smallest absolute Gasteiger partial charge is 0.0326 e. The predicted molar refractivity (Wildman–Crippen MR) is 41.4 cm³/mol. The van der Waals surface area contributed by atoms with Gasteiger partial charge in [0.2, 0.25) is 0 Å². The number of rotatable bonds is 1. The molecule has 1 fully saturated rings. The zero-order valence-electron chi connectivity index (χ0n) is 6.91. The van der Waals surface area contributed by atoms with Crippen LogP contribution < -0.4 is 0 Å². The topological polar surface area (TPSA) is 0 Å². The molecule has 0 amide bonds. The normalized spacial score (nSPS) is 43.7. The highest BCUT2D eigenvalue weighted by Crippen LogP contribution is 2.43. The summed E-state index contributed by atoms with van der Waals surface area (Å²) in [6.45, 7) is 7.12. The molecule has 0 aromatic heterocycles. The summed E-state index contributed by atoms with van der Waals surface area (Å²) in [6, 6.07) is 0. The van der Waals surface area contributed by atoms with E-state index in [0.29, 0.717) is 5.41 Å². The molecule has 0 heterocycles. The molecule has 0 spiro atoms. The van der Waals surface area contributed by atoms with Crippen molar-refractivity contribution in [2.75, 3.05) is 0 Å². The van der Waals surface area contributed by atoms with E-state index in [-0.39, 0.29) is 0 Å². The van der Waals surface area contributed by atoms with Gasteiger partial charge in [-0.3, -0.25) is 0 Å². The van der Waals surface area contributed by atoms with E-state index >= 15 is 0 Å². The van der Waals surface area contributed by atoms with Gasteiger partial charge in [0, 0.05) is 0 Å². The monoisotopic (exact) mass is 126 g/mol. The summed E-state index contributed by atoms with van der Waals surface area (Å²) in [6.07, 6.45) is 5.76. The molecule has 0 saturated heterocycles. The van der Waals surface area contributed by atoms with Crippen LogP contribution >= 0.6 is 0 Å². The molecule has 0 bridgehead atoms. The SMILES string of the molecule is CCC1(C)CC[C@H](C)C1. The summed E-state index contributed by atoms with van der Waals surface area (Å²) in [4.78, 5) is 0. The van der Waals surface area contributed by atoms with E-state index in [1.165, 1.54) is 25.7 Å². The molecule has 9 heavy (non-hydrogen) atoms. The second-order valence-electron chi connectivity index (χ2n) is 4.01. The minimum atomic E-state index is 0.708. The second-order valence-corrected chi connectivity index (χ2v) is 4.01. The van der Waals surface area contributed by atoms with Crippen LogP contribution in [0.15, 0.2) is 0 Å². The number of hydrogen-bond donors (Lipinski definition) is 0. The van der Waals surface area contributed by atoms with Crippen molar-refractivity contribution in [2.45, 2.75) is 46.5 Å². The average molecular weight is 126 g/mol. The maximum Gasteiger partial charge on any atom is -0.0326 e. The Hall–Kier alpha value is 0. The van der Waals surface area contributed by atoms with Crippen molar-refractivity contribution in [3.63, 3.8) is 0 Å². The Bertz CT molecular complexity index is 96.2. The summed E-state index contributed by atoms with van der Waals surface area (Å²) in [7, 11) is 0. The third kappa shape index (κ3) is 1.47. The fourth-order valence-corrected chi connectivity index (χ4v) is 1.96. The molecule has 0 aliphatic heterocycles. The van der Waals surface area contributed by atoms with Gasteiger partial charge in [0.1, 0.15) is 0 Å². The third-order valence-corrected chi connectivity index (χ3v) is 2.94. The van der Waals surface area contributed by atoms with Crippen molar-refractivity contribution in [1.82, 2.24) is 0 Å². The highest BCUT2D eigenvalue weighted by molar-refractivity contribution is 4.82. The maximum absolute atomic E-state index is 2.43. The molecule has 1 saturated carbocycles. The molecule has 0 radical (unpaired) electrons. The third-order valence-electron chi connectivity index (χ3n) is 2.94.